The Bertz CT molecular complexity index is 8.00. The Balaban J connectivity index is -0.00000000500. The van der Waals surface area contributed by atoms with Crippen LogP contribution in [0.3, 0.4) is 0 Å². The first kappa shape index (κ1) is 15.7. The molecule has 0 bridgehead atoms. The zero-order valence-corrected chi connectivity index (χ0v) is 12.3. The maximum Gasteiger partial charge on any atom is 0 e. The summed E-state index contributed by atoms with van der Waals surface area (Å²) in [6.45, 7) is 0. The van der Waals surface area contributed by atoms with Crippen molar-refractivity contribution in [3.63, 3.8) is 0 Å². The third-order valence-corrected chi connectivity index (χ3v) is 0. The normalized spacial score (nSPS) is 0.500. The average Bonchev–Trinajstić information content (AvgIpc) is 1.00. The fourth-order valence-electron chi connectivity index (χ4n) is 0. The van der Waals surface area contributed by atoms with Gasteiger partial charge in [0.25, 0.3) is 0 Å². The molecule has 0 aromatic carbocycles. The van der Waals surface area contributed by atoms with Crippen molar-refractivity contribution in [3.8, 4) is 0 Å². The van der Waals surface area contributed by atoms with Gasteiger partial charge in [0, 0.05) is 43.3 Å². The van der Waals surface area contributed by atoms with Crippen molar-refractivity contribution in [1.82, 2.24) is 0 Å². The van der Waals surface area contributed by atoms with Gasteiger partial charge in [0.1, 0.15) is 0 Å². The van der Waals surface area contributed by atoms with Crippen molar-refractivity contribution in [1.29, 1.82) is 0 Å². The summed E-state index contributed by atoms with van der Waals surface area (Å²) in [6.07, 6.45) is 0. The van der Waals surface area contributed by atoms with E-state index >= 15 is 0 Å². The van der Waals surface area contributed by atoms with Crippen LogP contribution in [0.1, 0.15) is 0 Å². The van der Waals surface area contributed by atoms with Gasteiger partial charge in [-0.05, 0) is 0 Å². The third-order valence-electron chi connectivity index (χ3n) is 0. The van der Waals surface area contributed by atoms with Gasteiger partial charge >= 0.3 is 55.6 Å². The summed E-state index contributed by atoms with van der Waals surface area (Å²) in [5.41, 5.74) is 0. The number of hydrogen-bond acceptors (Lipinski definition) is 0. The molecule has 20 valence electrons. The van der Waals surface area contributed by atoms with E-state index < -0.39 is 0 Å². The Labute approximate surface area is 95.0 Å². The largest absolute Gasteiger partial charge is 0 e. The first-order valence-electron chi connectivity index (χ1n) is 0.500. The van der Waals surface area contributed by atoms with E-state index in [-0.39, 0.29) is 43.3 Å². The summed E-state index contributed by atoms with van der Waals surface area (Å²) >= 11 is 2.82. The van der Waals surface area contributed by atoms with Gasteiger partial charge in [0.05, 0.1) is 0 Å². The zero-order valence-electron chi connectivity index (χ0n) is 2.16. The molecule has 0 saturated heterocycles. The molecule has 4 heavy (non-hydrogen) atoms. The number of rotatable bonds is 0. The van der Waals surface area contributed by atoms with Crippen LogP contribution in [0.15, 0.2) is 0 Å². The molecule has 0 aliphatic rings. The first-order valence-corrected chi connectivity index (χ1v) is 12.2. The van der Waals surface area contributed by atoms with Gasteiger partial charge in [0.2, 0.25) is 0 Å². The van der Waals surface area contributed by atoms with E-state index in [4.69, 9.17) is 0 Å². The van der Waals surface area contributed by atoms with Crippen LogP contribution in [0.25, 0.3) is 0 Å². The zero-order chi connectivity index (χ0) is 2.00. The molecule has 0 nitrogen and oxygen atoms in total. The van der Waals surface area contributed by atoms with Gasteiger partial charge in [0.15, 0.2) is 0 Å². The molecule has 0 aliphatic carbocycles. The molecule has 0 saturated carbocycles. The fourth-order valence-corrected chi connectivity index (χ4v) is 0. The van der Waals surface area contributed by atoms with E-state index in [0.717, 1.165) is 0 Å². The summed E-state index contributed by atoms with van der Waals surface area (Å²) in [7, 11) is 0. The average molecular weight is 400 g/mol. The molecule has 0 aliphatic heterocycles. The number of hydrogen-bond donors (Lipinski definition) is 0. The first-order chi connectivity index (χ1) is 1.00. The molecule has 0 atom stereocenters. The van der Waals surface area contributed by atoms with Crippen LogP contribution in [0.2, 0.25) is 0 Å². The van der Waals surface area contributed by atoms with Crippen molar-refractivity contribution in [2.24, 2.45) is 0 Å². The standard InChI is InChI=1S/Bi.Ca.Cu.Sr. The van der Waals surface area contributed by atoms with E-state index in [1.54, 1.807) is 23.3 Å². The van der Waals surface area contributed by atoms with E-state index in [0.29, 0.717) is 0 Å². The molecule has 0 rings (SSSR count). The van der Waals surface area contributed by atoms with Crippen LogP contribution >= 0.6 is 0 Å². The monoisotopic (exact) mass is 400 g/mol. The Morgan fingerprint density at radius 3 is 1.25 bits per heavy atom. The molecule has 0 fully saturated rings. The molecular weight excluding hydrogens is 400 g/mol. The Hall–Kier alpha value is 4.14. The molecule has 0 spiro atoms. The van der Waals surface area contributed by atoms with Crippen LogP contribution in [-0.4, -0.2) is 81.8 Å². The summed E-state index contributed by atoms with van der Waals surface area (Å²) in [5, 5.41) is 0. The van der Waals surface area contributed by atoms with Crippen LogP contribution in [0.4, 0.5) is 0 Å². The van der Waals surface area contributed by atoms with Crippen molar-refractivity contribution < 1.29 is 17.1 Å². The van der Waals surface area contributed by atoms with E-state index in [2.05, 4.69) is 0 Å². The van der Waals surface area contributed by atoms with Gasteiger partial charge in [-0.1, -0.05) is 0 Å². The molecule has 0 unspecified atom stereocenters. The molecular formula is BiCaCuSr. The van der Waals surface area contributed by atoms with Crippen LogP contribution in [-0.2, 0) is 17.1 Å². The Morgan fingerprint density at radius 1 is 1.25 bits per heavy atom. The van der Waals surface area contributed by atoms with Gasteiger partial charge in [-0.25, -0.2) is 0 Å². The minimum Gasteiger partial charge on any atom is 0 e. The Morgan fingerprint density at radius 2 is 1.25 bits per heavy atom. The van der Waals surface area contributed by atoms with E-state index in [1.807, 2.05) is 0 Å². The summed E-state index contributed by atoms with van der Waals surface area (Å²) in [5.74, 6) is 0. The third kappa shape index (κ3) is 9.47. The maximum absolute atomic E-state index is 1.54. The van der Waals surface area contributed by atoms with Gasteiger partial charge in [-0.15, -0.1) is 0 Å². The predicted octanol–water partition coefficient (Wildman–Crippen LogP) is -1.14. The molecule has 6 radical (unpaired) electrons. The van der Waals surface area contributed by atoms with E-state index in [9.17, 15) is 0 Å². The predicted molar refractivity (Wildman–Crippen MR) is 17.3 cm³/mol. The van der Waals surface area contributed by atoms with Crippen molar-refractivity contribution in [3.05, 3.63) is 0 Å². The smallest absolute Gasteiger partial charge is 0 e. The minimum atomic E-state index is 0. The summed E-state index contributed by atoms with van der Waals surface area (Å²) in [4.78, 5) is 0. The Kier molecular flexibility index (Phi) is 61.7. The van der Waals surface area contributed by atoms with E-state index in [1.165, 1.54) is 32.3 Å². The summed E-state index contributed by atoms with van der Waals surface area (Å²) in [6, 6.07) is 0. The maximum atomic E-state index is 1.54. The van der Waals surface area contributed by atoms with Crippen molar-refractivity contribution in [2.75, 3.05) is 0 Å². The topological polar surface area (TPSA) is 0 Å². The fraction of sp³-hybridized carbons (Fsp3) is 0. The van der Waals surface area contributed by atoms with Crippen molar-refractivity contribution in [2.45, 2.75) is 0 Å². The second-order valence-corrected chi connectivity index (χ2v) is 0. The van der Waals surface area contributed by atoms with Crippen molar-refractivity contribution >= 4 is 81.8 Å². The SMILES string of the molecule is [Bi].[Ca][Sr].[Cu]. The van der Waals surface area contributed by atoms with Crippen LogP contribution < -0.4 is 0 Å². The van der Waals surface area contributed by atoms with Gasteiger partial charge in [-0.2, -0.15) is 0 Å². The molecule has 0 N–H and O–H groups in total. The molecule has 0 amide bonds. The second-order valence-electron chi connectivity index (χ2n) is 0. The van der Waals surface area contributed by atoms with Crippen LogP contribution in [0, 0.1) is 0 Å². The van der Waals surface area contributed by atoms with Gasteiger partial charge in [-0.3, -0.25) is 0 Å². The minimum absolute atomic E-state index is 0. The van der Waals surface area contributed by atoms with Gasteiger partial charge < -0.3 is 0 Å². The second kappa shape index (κ2) is 15.7. The quantitative estimate of drug-likeness (QED) is 0.451. The molecule has 0 aromatic heterocycles. The van der Waals surface area contributed by atoms with Crippen LogP contribution in [0.5, 0.6) is 0 Å². The molecule has 0 heterocycles. The molecule has 0 aromatic rings. The molecule has 4 heteroatoms. The summed E-state index contributed by atoms with van der Waals surface area (Å²) < 4.78 is 0.